The van der Waals surface area contributed by atoms with E-state index in [2.05, 4.69) is 16.7 Å². The molecule has 6 heteroatoms. The van der Waals surface area contributed by atoms with E-state index in [0.717, 1.165) is 24.8 Å². The van der Waals surface area contributed by atoms with Crippen LogP contribution < -0.4 is 10.6 Å². The Morgan fingerprint density at radius 1 is 1.56 bits per heavy atom. The van der Waals surface area contributed by atoms with Crippen LogP contribution in [0.5, 0.6) is 5.75 Å². The van der Waals surface area contributed by atoms with Crippen LogP contribution in [-0.4, -0.2) is 28.5 Å². The van der Waals surface area contributed by atoms with Gasteiger partial charge >= 0.3 is 0 Å². The van der Waals surface area contributed by atoms with E-state index in [1.807, 2.05) is 13.8 Å². The number of fused-ring (bicyclic) bond motifs is 2. The summed E-state index contributed by atoms with van der Waals surface area (Å²) in [5.41, 5.74) is -0.265. The summed E-state index contributed by atoms with van der Waals surface area (Å²) in [7, 11) is 0. The molecule has 5 nitrogen and oxygen atoms in total. The summed E-state index contributed by atoms with van der Waals surface area (Å²) in [5, 5.41) is 25.4. The molecule has 0 amide bonds. The van der Waals surface area contributed by atoms with Gasteiger partial charge in [0, 0.05) is 24.5 Å². The molecule has 3 unspecified atom stereocenters. The molecule has 1 aromatic carbocycles. The molecule has 134 valence electrons. The highest BCUT2D eigenvalue weighted by molar-refractivity contribution is 5.88. The van der Waals surface area contributed by atoms with Gasteiger partial charge in [0.05, 0.1) is 11.5 Å². The normalized spacial score (nSPS) is 28.1. The molecule has 2 bridgehead atoms. The monoisotopic (exact) mass is 345 g/mol. The number of carbonyl (C=O) groups is 1. The minimum Gasteiger partial charge on any atom is -0.505 e. The Morgan fingerprint density at radius 3 is 2.96 bits per heavy atom. The highest BCUT2D eigenvalue weighted by Crippen LogP contribution is 2.48. The SMILES string of the molecule is CC(C)(CC(=O)C12CCC(C1)NC2C#N)NCc1ccc(F)c(O)c1. The second-order valence-electron chi connectivity index (χ2n) is 7.95. The number of hydrogen-bond acceptors (Lipinski definition) is 5. The van der Waals surface area contributed by atoms with Crippen LogP contribution in [-0.2, 0) is 11.3 Å². The number of phenolic OH excluding ortho intramolecular Hbond substituents is 1. The van der Waals surface area contributed by atoms with Gasteiger partial charge in [0.25, 0.3) is 0 Å². The number of Topliss-reactive ketones (excluding diaryl/α,β-unsaturated/α-hetero) is 1. The molecule has 3 rings (SSSR count). The number of hydrogen-bond donors (Lipinski definition) is 3. The fourth-order valence-corrected chi connectivity index (χ4v) is 4.10. The van der Waals surface area contributed by atoms with Crippen LogP contribution in [0.1, 0.15) is 45.1 Å². The van der Waals surface area contributed by atoms with Gasteiger partial charge in [0.15, 0.2) is 11.6 Å². The van der Waals surface area contributed by atoms with Gasteiger partial charge in [-0.15, -0.1) is 0 Å². The smallest absolute Gasteiger partial charge is 0.164 e. The van der Waals surface area contributed by atoms with Crippen LogP contribution in [0.4, 0.5) is 4.39 Å². The Kier molecular flexibility index (Phi) is 4.56. The van der Waals surface area contributed by atoms with Gasteiger partial charge < -0.3 is 10.4 Å². The number of nitrogens with one attached hydrogen (secondary N) is 2. The van der Waals surface area contributed by atoms with Crippen LogP contribution in [0.3, 0.4) is 0 Å². The predicted molar refractivity (Wildman–Crippen MR) is 91.2 cm³/mol. The van der Waals surface area contributed by atoms with Gasteiger partial charge in [-0.3, -0.25) is 10.1 Å². The van der Waals surface area contributed by atoms with Crippen LogP contribution in [0.15, 0.2) is 18.2 Å². The van der Waals surface area contributed by atoms with E-state index in [9.17, 15) is 19.6 Å². The molecule has 3 N–H and O–H groups in total. The minimum absolute atomic E-state index is 0.131. The van der Waals surface area contributed by atoms with Gasteiger partial charge in [0.1, 0.15) is 11.8 Å². The number of phenols is 1. The van der Waals surface area contributed by atoms with Crippen molar-refractivity contribution in [1.82, 2.24) is 10.6 Å². The van der Waals surface area contributed by atoms with Crippen molar-refractivity contribution in [3.05, 3.63) is 29.6 Å². The molecular formula is C19H24FN3O2. The van der Waals surface area contributed by atoms with Crippen molar-refractivity contribution in [1.29, 1.82) is 5.26 Å². The summed E-state index contributed by atoms with van der Waals surface area (Å²) < 4.78 is 13.1. The van der Waals surface area contributed by atoms with Crippen molar-refractivity contribution in [2.45, 2.75) is 63.7 Å². The van der Waals surface area contributed by atoms with Crippen molar-refractivity contribution in [3.63, 3.8) is 0 Å². The molecule has 1 aliphatic carbocycles. The lowest BCUT2D eigenvalue weighted by molar-refractivity contribution is -0.129. The van der Waals surface area contributed by atoms with Crippen molar-refractivity contribution >= 4 is 5.78 Å². The number of rotatable bonds is 6. The Balaban J connectivity index is 1.64. The van der Waals surface area contributed by atoms with E-state index in [1.165, 1.54) is 12.1 Å². The first-order chi connectivity index (χ1) is 11.8. The summed E-state index contributed by atoms with van der Waals surface area (Å²) in [5.74, 6) is -0.895. The van der Waals surface area contributed by atoms with Crippen molar-refractivity contribution in [2.75, 3.05) is 0 Å². The quantitative estimate of drug-likeness (QED) is 0.737. The Morgan fingerprint density at radius 2 is 2.32 bits per heavy atom. The fourth-order valence-electron chi connectivity index (χ4n) is 4.10. The third-order valence-electron chi connectivity index (χ3n) is 5.57. The zero-order chi connectivity index (χ0) is 18.2. The second-order valence-corrected chi connectivity index (χ2v) is 7.95. The van der Waals surface area contributed by atoms with Crippen LogP contribution in [0, 0.1) is 22.6 Å². The zero-order valence-corrected chi connectivity index (χ0v) is 14.6. The van der Waals surface area contributed by atoms with E-state index < -0.39 is 16.8 Å². The predicted octanol–water partition coefficient (Wildman–Crippen LogP) is 2.39. The number of nitriles is 1. The number of nitrogens with zero attached hydrogens (tertiary/aromatic N) is 1. The highest BCUT2D eigenvalue weighted by Gasteiger charge is 2.56. The minimum atomic E-state index is -0.649. The summed E-state index contributed by atoms with van der Waals surface area (Å²) >= 11 is 0. The average molecular weight is 345 g/mol. The maximum absolute atomic E-state index is 13.1. The van der Waals surface area contributed by atoms with Gasteiger partial charge in [0.2, 0.25) is 0 Å². The number of halogens is 1. The largest absolute Gasteiger partial charge is 0.505 e. The summed E-state index contributed by atoms with van der Waals surface area (Å²) in [4.78, 5) is 13.0. The van der Waals surface area contributed by atoms with Crippen molar-refractivity contribution in [3.8, 4) is 11.8 Å². The fraction of sp³-hybridized carbons (Fsp3) is 0.579. The lowest BCUT2D eigenvalue weighted by Gasteiger charge is -2.34. The topological polar surface area (TPSA) is 85.2 Å². The first-order valence-electron chi connectivity index (χ1n) is 8.67. The molecule has 1 aromatic rings. The third kappa shape index (κ3) is 3.39. The summed E-state index contributed by atoms with van der Waals surface area (Å²) in [6.45, 7) is 4.31. The van der Waals surface area contributed by atoms with Crippen molar-refractivity contribution in [2.24, 2.45) is 5.41 Å². The molecule has 0 aromatic heterocycles. The molecule has 0 radical (unpaired) electrons. The molecular weight excluding hydrogens is 321 g/mol. The first-order valence-corrected chi connectivity index (χ1v) is 8.67. The van der Waals surface area contributed by atoms with Crippen molar-refractivity contribution < 1.29 is 14.3 Å². The molecule has 1 saturated carbocycles. The Bertz CT molecular complexity index is 728. The molecule has 25 heavy (non-hydrogen) atoms. The maximum atomic E-state index is 13.1. The van der Waals surface area contributed by atoms with E-state index in [-0.39, 0.29) is 23.6 Å². The van der Waals surface area contributed by atoms with E-state index >= 15 is 0 Å². The molecule has 0 spiro atoms. The number of aromatic hydroxyl groups is 1. The number of ketones is 1. The van der Waals surface area contributed by atoms with Gasteiger partial charge in [-0.1, -0.05) is 6.07 Å². The Hall–Kier alpha value is -1.97. The summed E-state index contributed by atoms with van der Waals surface area (Å²) in [6.07, 6.45) is 2.81. The average Bonchev–Trinajstić information content (AvgIpc) is 3.15. The lowest BCUT2D eigenvalue weighted by Crippen LogP contribution is -2.49. The maximum Gasteiger partial charge on any atom is 0.164 e. The first kappa shape index (κ1) is 17.8. The van der Waals surface area contributed by atoms with Crippen LogP contribution in [0.25, 0.3) is 0 Å². The van der Waals surface area contributed by atoms with E-state index in [4.69, 9.17) is 0 Å². The van der Waals surface area contributed by atoms with E-state index in [0.29, 0.717) is 13.0 Å². The number of piperidine rings is 1. The third-order valence-corrected chi connectivity index (χ3v) is 5.57. The van der Waals surface area contributed by atoms with Crippen LogP contribution in [0.2, 0.25) is 0 Å². The number of benzene rings is 1. The standard InChI is InChI=1S/C19H24FN3O2/c1-18(2,22-11-12-3-4-14(20)15(24)7-12)9-17(25)19-6-5-13(8-19)23-16(19)10-21/h3-4,7,13,16,22-24H,5-6,8-9,11H2,1-2H3. The zero-order valence-electron chi connectivity index (χ0n) is 14.6. The molecule has 2 aliphatic rings. The molecule has 2 fully saturated rings. The molecule has 3 atom stereocenters. The molecule has 1 heterocycles. The molecule has 1 saturated heterocycles. The lowest BCUT2D eigenvalue weighted by atomic mass is 9.73. The van der Waals surface area contributed by atoms with Gasteiger partial charge in [-0.25, -0.2) is 4.39 Å². The number of carbonyl (C=O) groups excluding carboxylic acids is 1. The highest BCUT2D eigenvalue weighted by atomic mass is 19.1. The Labute approximate surface area is 147 Å². The van der Waals surface area contributed by atoms with Gasteiger partial charge in [-0.05, 0) is 50.8 Å². The van der Waals surface area contributed by atoms with E-state index in [1.54, 1.807) is 6.07 Å². The van der Waals surface area contributed by atoms with Gasteiger partial charge in [-0.2, -0.15) is 5.26 Å². The molecule has 1 aliphatic heterocycles. The summed E-state index contributed by atoms with van der Waals surface area (Å²) in [6, 6.07) is 6.37. The second kappa shape index (κ2) is 6.40. The van der Waals surface area contributed by atoms with Crippen LogP contribution >= 0.6 is 0 Å².